The van der Waals surface area contributed by atoms with Gasteiger partial charge in [-0.25, -0.2) is 9.07 Å². The maximum absolute atomic E-state index is 13.2. The number of carbonyl (C=O) groups is 2. The maximum Gasteiger partial charge on any atom is 0.271 e. The number of fused-ring (bicyclic) bond motifs is 1. The van der Waals surface area contributed by atoms with Crippen LogP contribution in [0.25, 0.3) is 10.8 Å². The van der Waals surface area contributed by atoms with Gasteiger partial charge in [0.1, 0.15) is 6.67 Å². The highest BCUT2D eigenvalue weighted by atomic mass is 19.1. The Morgan fingerprint density at radius 1 is 1.15 bits per heavy atom. The smallest absolute Gasteiger partial charge is 0.271 e. The first-order valence-electron chi connectivity index (χ1n) is 11.0. The Hall–Kier alpha value is -3.39. The zero-order valence-corrected chi connectivity index (χ0v) is 18.5. The number of hydrogen-bond donors (Lipinski definition) is 2. The highest BCUT2D eigenvalue weighted by Crippen LogP contribution is 2.20. The molecule has 2 unspecified atom stereocenters. The van der Waals surface area contributed by atoms with E-state index in [2.05, 4.69) is 10.4 Å². The van der Waals surface area contributed by atoms with Gasteiger partial charge in [0.15, 0.2) is 5.78 Å². The largest absolute Gasteiger partial charge is 0.396 e. The second kappa shape index (κ2) is 11.5. The van der Waals surface area contributed by atoms with E-state index in [1.165, 1.54) is 16.9 Å². The molecular weight excluding hydrogens is 425 g/mol. The van der Waals surface area contributed by atoms with E-state index in [-0.39, 0.29) is 31.6 Å². The van der Waals surface area contributed by atoms with Gasteiger partial charge in [-0.15, -0.1) is 0 Å². The van der Waals surface area contributed by atoms with Crippen LogP contribution in [0.4, 0.5) is 4.39 Å². The Morgan fingerprint density at radius 2 is 1.91 bits per heavy atom. The Labute approximate surface area is 191 Å². The molecule has 1 aromatic heterocycles. The zero-order chi connectivity index (χ0) is 23.8. The van der Waals surface area contributed by atoms with Crippen molar-refractivity contribution in [2.45, 2.75) is 44.7 Å². The molecule has 8 heteroatoms. The molecule has 7 nitrogen and oxygen atoms in total. The number of nitrogens with zero attached hydrogens (tertiary/aromatic N) is 2. The number of aliphatic hydroxyl groups is 1. The highest BCUT2D eigenvalue weighted by molar-refractivity contribution is 5.92. The first-order valence-corrected chi connectivity index (χ1v) is 11.0. The normalized spacial score (nSPS) is 12.9. The lowest BCUT2D eigenvalue weighted by Gasteiger charge is -2.21. The molecule has 3 rings (SSSR count). The van der Waals surface area contributed by atoms with Crippen molar-refractivity contribution in [1.82, 2.24) is 15.1 Å². The van der Waals surface area contributed by atoms with Crippen molar-refractivity contribution >= 4 is 22.5 Å². The van der Waals surface area contributed by atoms with Gasteiger partial charge in [-0.2, -0.15) is 5.10 Å². The molecule has 3 aromatic rings. The number of aliphatic hydroxyl groups excluding tert-OH is 1. The van der Waals surface area contributed by atoms with Crippen LogP contribution in [-0.2, 0) is 16.1 Å². The average Bonchev–Trinajstić information content (AvgIpc) is 2.84. The molecule has 0 aliphatic carbocycles. The molecule has 0 bridgehead atoms. The van der Waals surface area contributed by atoms with Crippen molar-refractivity contribution in [2.24, 2.45) is 0 Å². The highest BCUT2D eigenvalue weighted by Gasteiger charge is 2.27. The van der Waals surface area contributed by atoms with Crippen LogP contribution in [-0.4, -0.2) is 45.9 Å². The lowest BCUT2D eigenvalue weighted by molar-refractivity contribution is -0.129. The number of rotatable bonds is 11. The third-order valence-corrected chi connectivity index (χ3v) is 5.73. The molecule has 174 valence electrons. The predicted molar refractivity (Wildman–Crippen MR) is 124 cm³/mol. The topological polar surface area (TPSA) is 101 Å². The minimum Gasteiger partial charge on any atom is -0.396 e. The Bertz CT molecular complexity index is 1170. The molecule has 0 radical (unpaired) electrons. The van der Waals surface area contributed by atoms with Crippen molar-refractivity contribution in [3.63, 3.8) is 0 Å². The molecule has 33 heavy (non-hydrogen) atoms. The van der Waals surface area contributed by atoms with Gasteiger partial charge in [-0.3, -0.25) is 14.4 Å². The fourth-order valence-electron chi connectivity index (χ4n) is 3.96. The molecule has 0 fully saturated rings. The number of alkyl halides is 1. The molecular formula is C25H28FN3O4. The number of Topliss-reactive ketones (excluding diaryl/α,β-unsaturated/α-hetero) is 1. The number of hydrogen-bond acceptors (Lipinski definition) is 5. The second-order valence-corrected chi connectivity index (χ2v) is 7.88. The number of ketones is 1. The lowest BCUT2D eigenvalue weighted by Crippen LogP contribution is -2.45. The molecule has 1 heterocycles. The van der Waals surface area contributed by atoms with E-state index in [9.17, 15) is 18.8 Å². The average molecular weight is 454 g/mol. The van der Waals surface area contributed by atoms with Gasteiger partial charge < -0.3 is 10.4 Å². The predicted octanol–water partition coefficient (Wildman–Crippen LogP) is 2.73. The summed E-state index contributed by atoms with van der Waals surface area (Å²) in [6.07, 6.45) is 2.17. The van der Waals surface area contributed by atoms with Gasteiger partial charge >= 0.3 is 0 Å². The summed E-state index contributed by atoms with van der Waals surface area (Å²) in [7, 11) is 0. The number of halogens is 1. The molecule has 2 atom stereocenters. The summed E-state index contributed by atoms with van der Waals surface area (Å²) in [5.41, 5.74) is 0.796. The van der Waals surface area contributed by atoms with Crippen LogP contribution in [0.2, 0.25) is 0 Å². The van der Waals surface area contributed by atoms with Crippen molar-refractivity contribution < 1.29 is 19.1 Å². The molecule has 1 amide bonds. The van der Waals surface area contributed by atoms with E-state index in [0.29, 0.717) is 6.42 Å². The summed E-state index contributed by atoms with van der Waals surface area (Å²) in [5.74, 6) is -2.10. The van der Waals surface area contributed by atoms with Gasteiger partial charge in [0.05, 0.1) is 18.5 Å². The standard InChI is InChI=1S/C25H28FN3O4/c1-2-19(24(32)28-22(11-6-14-30)23(31)15-26)21-12-13-27-29(25(21)33)16-18-9-5-8-17-7-3-4-10-20(17)18/h3-5,7-10,12-13,19,22,30H,2,6,11,14-16H2,1H3,(H,28,32). The molecule has 2 N–H and O–H groups in total. The minimum atomic E-state index is -1.21. The van der Waals surface area contributed by atoms with Gasteiger partial charge in [-0.1, -0.05) is 49.4 Å². The van der Waals surface area contributed by atoms with Gasteiger partial charge in [-0.05, 0) is 41.7 Å². The van der Waals surface area contributed by atoms with E-state index in [1.54, 1.807) is 6.92 Å². The van der Waals surface area contributed by atoms with Gasteiger partial charge in [0, 0.05) is 18.4 Å². The van der Waals surface area contributed by atoms with Crippen LogP contribution in [0.5, 0.6) is 0 Å². The summed E-state index contributed by atoms with van der Waals surface area (Å²) in [6.45, 7) is 0.622. The second-order valence-electron chi connectivity index (χ2n) is 7.88. The zero-order valence-electron chi connectivity index (χ0n) is 18.5. The number of aromatic nitrogens is 2. The molecule has 2 aromatic carbocycles. The van der Waals surface area contributed by atoms with Crippen LogP contribution in [0, 0.1) is 0 Å². The lowest BCUT2D eigenvalue weighted by atomic mass is 9.96. The summed E-state index contributed by atoms with van der Waals surface area (Å²) in [5, 5.41) is 17.9. The number of nitrogens with one attached hydrogen (secondary N) is 1. The van der Waals surface area contributed by atoms with E-state index in [1.807, 2.05) is 42.5 Å². The van der Waals surface area contributed by atoms with Crippen LogP contribution >= 0.6 is 0 Å². The Kier molecular flexibility index (Phi) is 8.43. The van der Waals surface area contributed by atoms with Gasteiger partial charge in [0.2, 0.25) is 5.91 Å². The quantitative estimate of drug-likeness (QED) is 0.465. The summed E-state index contributed by atoms with van der Waals surface area (Å²) < 4.78 is 14.3. The molecule has 0 aliphatic heterocycles. The number of benzene rings is 2. The molecule has 0 saturated heterocycles. The molecule has 0 saturated carbocycles. The van der Waals surface area contributed by atoms with E-state index in [0.717, 1.165) is 16.3 Å². The molecule has 0 spiro atoms. The third kappa shape index (κ3) is 5.70. The maximum atomic E-state index is 13.2. The first-order chi connectivity index (χ1) is 16.0. The van der Waals surface area contributed by atoms with E-state index in [4.69, 9.17) is 5.11 Å². The fourth-order valence-corrected chi connectivity index (χ4v) is 3.96. The van der Waals surface area contributed by atoms with Crippen LogP contribution in [0.1, 0.15) is 43.2 Å². The van der Waals surface area contributed by atoms with Crippen LogP contribution < -0.4 is 10.9 Å². The summed E-state index contributed by atoms with van der Waals surface area (Å²) in [4.78, 5) is 38.1. The van der Waals surface area contributed by atoms with Gasteiger partial charge in [0.25, 0.3) is 5.56 Å². The fraction of sp³-hybridized carbons (Fsp3) is 0.360. The Balaban J connectivity index is 1.87. The summed E-state index contributed by atoms with van der Waals surface area (Å²) in [6, 6.07) is 14.2. The number of carbonyl (C=O) groups excluding carboxylic acids is 2. The number of amides is 1. The first kappa shape index (κ1) is 24.3. The van der Waals surface area contributed by atoms with Crippen LogP contribution in [0.3, 0.4) is 0 Å². The van der Waals surface area contributed by atoms with Crippen LogP contribution in [0.15, 0.2) is 59.5 Å². The van der Waals surface area contributed by atoms with E-state index < -0.39 is 35.9 Å². The monoisotopic (exact) mass is 453 g/mol. The summed E-state index contributed by atoms with van der Waals surface area (Å²) >= 11 is 0. The Morgan fingerprint density at radius 3 is 2.64 bits per heavy atom. The SMILES string of the molecule is CCC(C(=O)NC(CCCO)C(=O)CF)c1ccnn(Cc2cccc3ccccc23)c1=O. The minimum absolute atomic E-state index is 0.128. The molecule has 0 aliphatic rings. The van der Waals surface area contributed by atoms with Crippen molar-refractivity contribution in [1.29, 1.82) is 0 Å². The van der Waals surface area contributed by atoms with Crippen molar-refractivity contribution in [3.8, 4) is 0 Å². The van der Waals surface area contributed by atoms with Crippen molar-refractivity contribution in [2.75, 3.05) is 13.3 Å². The van der Waals surface area contributed by atoms with E-state index >= 15 is 0 Å². The van der Waals surface area contributed by atoms with Crippen molar-refractivity contribution in [3.05, 3.63) is 76.2 Å². The third-order valence-electron chi connectivity index (χ3n) is 5.73.